The van der Waals surface area contributed by atoms with E-state index in [1.165, 1.54) is 5.06 Å². The summed E-state index contributed by atoms with van der Waals surface area (Å²) < 4.78 is 24.8. The molecule has 150 valence electrons. The van der Waals surface area contributed by atoms with E-state index in [0.717, 1.165) is 5.56 Å². The predicted molar refractivity (Wildman–Crippen MR) is 107 cm³/mol. The van der Waals surface area contributed by atoms with Gasteiger partial charge in [0.25, 0.3) is 0 Å². The monoisotopic (exact) mass is 403 g/mol. The molecule has 1 heterocycles. The Labute approximate surface area is 165 Å². The zero-order valence-electron chi connectivity index (χ0n) is 16.4. The molecule has 2 aromatic rings. The van der Waals surface area contributed by atoms with E-state index in [1.54, 1.807) is 33.0 Å². The van der Waals surface area contributed by atoms with Crippen molar-refractivity contribution < 1.29 is 23.2 Å². The van der Waals surface area contributed by atoms with Crippen molar-refractivity contribution in [3.05, 3.63) is 71.8 Å². The van der Waals surface area contributed by atoms with Gasteiger partial charge in [-0.1, -0.05) is 60.7 Å². The van der Waals surface area contributed by atoms with Crippen molar-refractivity contribution in [3.8, 4) is 0 Å². The van der Waals surface area contributed by atoms with Crippen LogP contribution in [-0.2, 0) is 18.5 Å². The summed E-state index contributed by atoms with van der Waals surface area (Å²) in [5, 5.41) is 1.47. The van der Waals surface area contributed by atoms with Gasteiger partial charge in [-0.2, -0.15) is 5.06 Å². The molecule has 28 heavy (non-hydrogen) atoms. The van der Waals surface area contributed by atoms with Crippen LogP contribution in [0.25, 0.3) is 0 Å². The van der Waals surface area contributed by atoms with Gasteiger partial charge in [0.2, 0.25) is 0 Å². The van der Waals surface area contributed by atoms with Crippen molar-refractivity contribution in [1.29, 1.82) is 0 Å². The molecule has 1 aliphatic heterocycles. The maximum atomic E-state index is 13.6. The Hall–Kier alpha value is -1.82. The van der Waals surface area contributed by atoms with Crippen LogP contribution in [0, 0.1) is 5.92 Å². The molecule has 0 spiro atoms. The van der Waals surface area contributed by atoms with E-state index < -0.39 is 25.4 Å². The van der Waals surface area contributed by atoms with Gasteiger partial charge in [0.1, 0.15) is 11.9 Å². The van der Waals surface area contributed by atoms with Crippen molar-refractivity contribution >= 4 is 13.4 Å². The second kappa shape index (κ2) is 9.12. The fourth-order valence-electron chi connectivity index (χ4n) is 3.61. The highest BCUT2D eigenvalue weighted by Crippen LogP contribution is 2.61. The number of ketones is 1. The standard InChI is InChI=1S/C21H26NO5P/c1-4-25-28(24,26-5-2)21-18(19(23)16-12-8-6-9-13-16)20(27-22(21)3)17-14-10-7-11-15-17/h6-15,18,20-21H,4-5H2,1-3H3/t18-,20-,21+/m0/s1. The first-order chi connectivity index (χ1) is 13.5. The molecule has 1 saturated heterocycles. The summed E-state index contributed by atoms with van der Waals surface area (Å²) in [5.74, 6) is -1.73. The molecular formula is C21H26NO5P. The van der Waals surface area contributed by atoms with Crippen LogP contribution in [0.3, 0.4) is 0 Å². The van der Waals surface area contributed by atoms with Crippen LogP contribution in [0.1, 0.15) is 35.9 Å². The van der Waals surface area contributed by atoms with Crippen LogP contribution in [0.5, 0.6) is 0 Å². The summed E-state index contributed by atoms with van der Waals surface area (Å²) in [4.78, 5) is 19.5. The SMILES string of the molecule is CCOP(=O)(OCC)[C@@H]1[C@@H](C(=O)c2ccccc2)[C@H](c2ccccc2)ON1C. The fraction of sp³-hybridized carbons (Fsp3) is 0.381. The van der Waals surface area contributed by atoms with E-state index >= 15 is 0 Å². The van der Waals surface area contributed by atoms with Crippen molar-refractivity contribution in [2.24, 2.45) is 5.92 Å². The number of hydrogen-bond acceptors (Lipinski definition) is 6. The Morgan fingerprint density at radius 1 is 1.00 bits per heavy atom. The van der Waals surface area contributed by atoms with Gasteiger partial charge < -0.3 is 9.05 Å². The zero-order valence-corrected chi connectivity index (χ0v) is 17.2. The fourth-order valence-corrected chi connectivity index (χ4v) is 5.85. The summed E-state index contributed by atoms with van der Waals surface area (Å²) >= 11 is 0. The molecule has 0 aliphatic carbocycles. The third kappa shape index (κ3) is 4.12. The smallest absolute Gasteiger partial charge is 0.308 e. The van der Waals surface area contributed by atoms with Gasteiger partial charge in [-0.15, -0.1) is 0 Å². The van der Waals surface area contributed by atoms with Gasteiger partial charge >= 0.3 is 7.60 Å². The second-order valence-electron chi connectivity index (χ2n) is 6.53. The minimum absolute atomic E-state index is 0.150. The molecule has 1 fully saturated rings. The van der Waals surface area contributed by atoms with Crippen molar-refractivity contribution in [1.82, 2.24) is 5.06 Å². The van der Waals surface area contributed by atoms with E-state index in [4.69, 9.17) is 13.9 Å². The number of Topliss-reactive ketones (excluding diaryl/α,β-unsaturated/α-hetero) is 1. The zero-order chi connectivity index (χ0) is 20.1. The van der Waals surface area contributed by atoms with E-state index in [9.17, 15) is 9.36 Å². The van der Waals surface area contributed by atoms with E-state index in [-0.39, 0.29) is 19.0 Å². The molecule has 0 radical (unpaired) electrons. The highest BCUT2D eigenvalue weighted by Gasteiger charge is 2.56. The summed E-state index contributed by atoms with van der Waals surface area (Å²) in [6.45, 7) is 3.93. The lowest BCUT2D eigenvalue weighted by Gasteiger charge is -2.29. The van der Waals surface area contributed by atoms with Gasteiger partial charge in [-0.3, -0.25) is 14.2 Å². The Morgan fingerprint density at radius 2 is 1.54 bits per heavy atom. The molecule has 0 bridgehead atoms. The summed E-state index contributed by atoms with van der Waals surface area (Å²) in [6, 6.07) is 18.5. The van der Waals surface area contributed by atoms with Gasteiger partial charge in [-0.25, -0.2) is 0 Å². The first kappa shape index (κ1) is 20.9. The quantitative estimate of drug-likeness (QED) is 0.470. The molecule has 1 aliphatic rings. The Bertz CT molecular complexity index is 819. The van der Waals surface area contributed by atoms with Crippen molar-refractivity contribution in [3.63, 3.8) is 0 Å². The third-order valence-corrected chi connectivity index (χ3v) is 7.26. The van der Waals surface area contributed by atoms with E-state index in [1.807, 2.05) is 48.5 Å². The molecule has 0 unspecified atom stereocenters. The number of hydrogen-bond donors (Lipinski definition) is 0. The van der Waals surface area contributed by atoms with Gasteiger partial charge in [-0.05, 0) is 19.4 Å². The second-order valence-corrected chi connectivity index (χ2v) is 8.65. The minimum atomic E-state index is -3.63. The largest absolute Gasteiger partial charge is 0.350 e. The molecule has 2 aromatic carbocycles. The van der Waals surface area contributed by atoms with Crippen LogP contribution in [-0.4, -0.2) is 36.9 Å². The van der Waals surface area contributed by atoms with Crippen LogP contribution >= 0.6 is 7.60 Å². The first-order valence-electron chi connectivity index (χ1n) is 9.44. The highest BCUT2D eigenvalue weighted by molar-refractivity contribution is 7.54. The average molecular weight is 403 g/mol. The number of nitrogens with zero attached hydrogens (tertiary/aromatic N) is 1. The van der Waals surface area contributed by atoms with Gasteiger partial charge in [0.05, 0.1) is 19.1 Å². The lowest BCUT2D eigenvalue weighted by molar-refractivity contribution is -0.137. The van der Waals surface area contributed by atoms with E-state index in [0.29, 0.717) is 5.56 Å². The maximum absolute atomic E-state index is 13.6. The normalized spacial score (nSPS) is 23.0. The third-order valence-electron chi connectivity index (χ3n) is 4.73. The molecule has 3 rings (SSSR count). The lowest BCUT2D eigenvalue weighted by Crippen LogP contribution is -2.35. The van der Waals surface area contributed by atoms with E-state index in [2.05, 4.69) is 0 Å². The van der Waals surface area contributed by atoms with Gasteiger partial charge in [0, 0.05) is 12.6 Å². The minimum Gasteiger partial charge on any atom is -0.308 e. The van der Waals surface area contributed by atoms with Gasteiger partial charge in [0.15, 0.2) is 5.78 Å². The molecular weight excluding hydrogens is 377 g/mol. The number of hydroxylamine groups is 2. The highest BCUT2D eigenvalue weighted by atomic mass is 31.2. The first-order valence-corrected chi connectivity index (χ1v) is 11.1. The number of rotatable bonds is 8. The van der Waals surface area contributed by atoms with Crippen LogP contribution < -0.4 is 0 Å². The van der Waals surface area contributed by atoms with Crippen molar-refractivity contribution in [2.45, 2.75) is 25.7 Å². The molecule has 3 atom stereocenters. The summed E-state index contributed by atoms with van der Waals surface area (Å²) in [7, 11) is -1.96. The molecule has 6 nitrogen and oxygen atoms in total. The molecule has 7 heteroatoms. The molecule has 0 amide bonds. The van der Waals surface area contributed by atoms with Crippen LogP contribution in [0.2, 0.25) is 0 Å². The molecule has 0 N–H and O–H groups in total. The Morgan fingerprint density at radius 3 is 2.07 bits per heavy atom. The Kier molecular flexibility index (Phi) is 6.81. The predicted octanol–water partition coefficient (Wildman–Crippen LogP) is 4.70. The summed E-state index contributed by atoms with van der Waals surface area (Å²) in [6.07, 6.45) is -0.585. The van der Waals surface area contributed by atoms with Crippen molar-refractivity contribution in [2.75, 3.05) is 20.3 Å². The maximum Gasteiger partial charge on any atom is 0.350 e. The average Bonchev–Trinajstić information content (AvgIpc) is 3.07. The number of carbonyl (C=O) groups is 1. The molecule has 0 aromatic heterocycles. The topological polar surface area (TPSA) is 65.1 Å². The molecule has 0 saturated carbocycles. The number of benzene rings is 2. The lowest BCUT2D eigenvalue weighted by atomic mass is 9.89. The Balaban J connectivity index is 2.08. The van der Waals surface area contributed by atoms with Crippen LogP contribution in [0.4, 0.5) is 0 Å². The summed E-state index contributed by atoms with van der Waals surface area (Å²) in [5.41, 5.74) is 1.38. The number of carbonyl (C=O) groups excluding carboxylic acids is 1. The van der Waals surface area contributed by atoms with Crippen LogP contribution in [0.15, 0.2) is 60.7 Å².